The first kappa shape index (κ1) is 20.0. The molecule has 1 amide bonds. The molecule has 0 bridgehead atoms. The molecule has 1 fully saturated rings. The highest BCUT2D eigenvalue weighted by molar-refractivity contribution is 7.89. The van der Waals surface area contributed by atoms with Gasteiger partial charge in [-0.05, 0) is 61.0 Å². The number of benzene rings is 1. The molecule has 2 heterocycles. The smallest absolute Gasteiger partial charge is 0.251 e. The second kappa shape index (κ2) is 8.52. The van der Waals surface area contributed by atoms with E-state index in [9.17, 15) is 18.3 Å². The lowest BCUT2D eigenvalue weighted by molar-refractivity contribution is 0.0917. The highest BCUT2D eigenvalue weighted by atomic mass is 32.2. The summed E-state index contributed by atoms with van der Waals surface area (Å²) in [4.78, 5) is 13.3. The van der Waals surface area contributed by atoms with Gasteiger partial charge in [-0.25, -0.2) is 8.42 Å². The van der Waals surface area contributed by atoms with Gasteiger partial charge in [0.15, 0.2) is 0 Å². The molecule has 1 aliphatic rings. The maximum Gasteiger partial charge on any atom is 0.251 e. The number of amides is 1. The van der Waals surface area contributed by atoms with Crippen molar-refractivity contribution in [1.82, 2.24) is 9.62 Å². The highest BCUT2D eigenvalue weighted by Crippen LogP contribution is 2.23. The number of hydrogen-bond donors (Lipinski definition) is 2. The summed E-state index contributed by atoms with van der Waals surface area (Å²) in [5.74, 6) is -0.342. The molecule has 0 spiro atoms. The Morgan fingerprint density at radius 3 is 2.44 bits per heavy atom. The first-order valence-corrected chi connectivity index (χ1v) is 11.3. The number of piperidine rings is 1. The normalized spacial score (nSPS) is 16.8. The lowest BCUT2D eigenvalue weighted by Gasteiger charge is -2.25. The van der Waals surface area contributed by atoms with Crippen molar-refractivity contribution in [1.29, 1.82) is 0 Å². The number of thiophene rings is 1. The monoisotopic (exact) mass is 408 g/mol. The Labute approximate surface area is 163 Å². The molecule has 1 atom stereocenters. The number of aliphatic hydroxyl groups is 1. The standard InChI is InChI=1S/C19H24N2O4S2/c1-14-9-12-26-18(14)17(22)13-20-19(23)15-5-7-16(8-6-15)27(24,25)21-10-3-2-4-11-21/h5-9,12,17,22H,2-4,10-11,13H2,1H3,(H,20,23). The van der Waals surface area contributed by atoms with Crippen LogP contribution in [0.2, 0.25) is 0 Å². The number of aryl methyl sites for hydroxylation is 1. The zero-order chi connectivity index (χ0) is 19.4. The zero-order valence-corrected chi connectivity index (χ0v) is 16.9. The summed E-state index contributed by atoms with van der Waals surface area (Å²) in [6.07, 6.45) is 2.06. The summed E-state index contributed by atoms with van der Waals surface area (Å²) in [5.41, 5.74) is 1.36. The van der Waals surface area contributed by atoms with E-state index in [0.717, 1.165) is 29.7 Å². The van der Waals surface area contributed by atoms with Gasteiger partial charge in [0, 0.05) is 30.1 Å². The van der Waals surface area contributed by atoms with Gasteiger partial charge in [-0.1, -0.05) is 6.42 Å². The summed E-state index contributed by atoms with van der Waals surface area (Å²) < 4.78 is 26.8. The number of nitrogens with one attached hydrogen (secondary N) is 1. The molecule has 27 heavy (non-hydrogen) atoms. The molecule has 0 aliphatic carbocycles. The second-order valence-corrected chi connectivity index (χ2v) is 9.57. The molecule has 1 saturated heterocycles. The molecule has 1 aromatic carbocycles. The molecule has 3 rings (SSSR count). The molecular formula is C19H24N2O4S2. The fraction of sp³-hybridized carbons (Fsp3) is 0.421. The highest BCUT2D eigenvalue weighted by Gasteiger charge is 2.26. The van der Waals surface area contributed by atoms with Crippen LogP contribution in [0.5, 0.6) is 0 Å². The molecule has 1 unspecified atom stereocenters. The molecular weight excluding hydrogens is 384 g/mol. The first-order chi connectivity index (χ1) is 12.9. The zero-order valence-electron chi connectivity index (χ0n) is 15.2. The quantitative estimate of drug-likeness (QED) is 0.769. The van der Waals surface area contributed by atoms with Crippen molar-refractivity contribution >= 4 is 27.3 Å². The SMILES string of the molecule is Cc1ccsc1C(O)CNC(=O)c1ccc(S(=O)(=O)N2CCCCC2)cc1. The second-order valence-electron chi connectivity index (χ2n) is 6.68. The van der Waals surface area contributed by atoms with Gasteiger partial charge in [0.25, 0.3) is 5.91 Å². The van der Waals surface area contributed by atoms with E-state index in [1.165, 1.54) is 39.9 Å². The Hall–Kier alpha value is -1.74. The number of carbonyl (C=O) groups excluding carboxylic acids is 1. The summed E-state index contributed by atoms with van der Waals surface area (Å²) in [7, 11) is -3.50. The van der Waals surface area contributed by atoms with E-state index in [1.54, 1.807) is 0 Å². The van der Waals surface area contributed by atoms with Gasteiger partial charge in [-0.2, -0.15) is 4.31 Å². The van der Waals surface area contributed by atoms with Crippen LogP contribution in [0.25, 0.3) is 0 Å². The minimum Gasteiger partial charge on any atom is -0.386 e. The number of sulfonamides is 1. The predicted octanol–water partition coefficient (Wildman–Crippen LogP) is 2.69. The molecule has 6 nitrogen and oxygen atoms in total. The van der Waals surface area contributed by atoms with E-state index >= 15 is 0 Å². The first-order valence-electron chi connectivity index (χ1n) is 9.00. The van der Waals surface area contributed by atoms with E-state index in [-0.39, 0.29) is 17.3 Å². The lowest BCUT2D eigenvalue weighted by atomic mass is 10.2. The van der Waals surface area contributed by atoms with E-state index in [4.69, 9.17) is 0 Å². The van der Waals surface area contributed by atoms with Crippen LogP contribution in [0.15, 0.2) is 40.6 Å². The molecule has 0 saturated carbocycles. The van der Waals surface area contributed by atoms with Gasteiger partial charge in [-0.3, -0.25) is 4.79 Å². The fourth-order valence-electron chi connectivity index (χ4n) is 3.14. The van der Waals surface area contributed by atoms with Crippen LogP contribution in [0.3, 0.4) is 0 Å². The lowest BCUT2D eigenvalue weighted by Crippen LogP contribution is -2.35. The van der Waals surface area contributed by atoms with Crippen molar-refractivity contribution in [3.05, 3.63) is 51.7 Å². The number of carbonyl (C=O) groups is 1. The Kier molecular flexibility index (Phi) is 6.31. The Balaban J connectivity index is 1.62. The topological polar surface area (TPSA) is 86.7 Å². The van der Waals surface area contributed by atoms with Crippen molar-refractivity contribution in [2.24, 2.45) is 0 Å². The molecule has 0 radical (unpaired) electrons. The fourth-order valence-corrected chi connectivity index (χ4v) is 5.57. The maximum atomic E-state index is 12.6. The summed E-state index contributed by atoms with van der Waals surface area (Å²) in [6.45, 7) is 3.11. The van der Waals surface area contributed by atoms with E-state index in [2.05, 4.69) is 5.32 Å². The predicted molar refractivity (Wildman–Crippen MR) is 105 cm³/mol. The number of rotatable bonds is 6. The van der Waals surface area contributed by atoms with Crippen LogP contribution in [-0.4, -0.2) is 43.4 Å². The van der Waals surface area contributed by atoms with Gasteiger partial charge in [0.1, 0.15) is 6.10 Å². The number of nitrogens with zero attached hydrogens (tertiary/aromatic N) is 1. The van der Waals surface area contributed by atoms with Crippen molar-refractivity contribution in [2.75, 3.05) is 19.6 Å². The summed E-state index contributed by atoms with van der Waals surface area (Å²) in [5, 5.41) is 14.8. The average molecular weight is 409 g/mol. The van der Waals surface area contributed by atoms with Gasteiger partial charge in [-0.15, -0.1) is 11.3 Å². The summed E-state index contributed by atoms with van der Waals surface area (Å²) in [6, 6.07) is 7.88. The molecule has 2 N–H and O–H groups in total. The minimum absolute atomic E-state index is 0.105. The van der Waals surface area contributed by atoms with Crippen molar-refractivity contribution in [3.63, 3.8) is 0 Å². The van der Waals surface area contributed by atoms with Crippen LogP contribution in [0.1, 0.15) is 46.2 Å². The van der Waals surface area contributed by atoms with Crippen molar-refractivity contribution < 1.29 is 18.3 Å². The minimum atomic E-state index is -3.50. The van der Waals surface area contributed by atoms with E-state index < -0.39 is 16.1 Å². The third kappa shape index (κ3) is 4.57. The average Bonchev–Trinajstić information content (AvgIpc) is 3.12. The van der Waals surface area contributed by atoms with Crippen LogP contribution >= 0.6 is 11.3 Å². The molecule has 8 heteroatoms. The maximum absolute atomic E-state index is 12.6. The van der Waals surface area contributed by atoms with Crippen LogP contribution in [0.4, 0.5) is 0 Å². The molecule has 146 valence electrons. The number of aliphatic hydroxyl groups excluding tert-OH is 1. The van der Waals surface area contributed by atoms with Gasteiger partial charge in [0.05, 0.1) is 4.90 Å². The largest absolute Gasteiger partial charge is 0.386 e. The van der Waals surface area contributed by atoms with Crippen molar-refractivity contribution in [3.8, 4) is 0 Å². The molecule has 1 aliphatic heterocycles. The molecule has 1 aromatic heterocycles. The van der Waals surface area contributed by atoms with E-state index in [0.29, 0.717) is 18.7 Å². The van der Waals surface area contributed by atoms with Gasteiger partial charge < -0.3 is 10.4 Å². The molecule has 2 aromatic rings. The van der Waals surface area contributed by atoms with Crippen LogP contribution in [-0.2, 0) is 10.0 Å². The van der Waals surface area contributed by atoms with E-state index in [1.807, 2.05) is 18.4 Å². The Morgan fingerprint density at radius 1 is 1.19 bits per heavy atom. The van der Waals surface area contributed by atoms with Gasteiger partial charge >= 0.3 is 0 Å². The third-order valence-electron chi connectivity index (χ3n) is 4.73. The third-order valence-corrected chi connectivity index (χ3v) is 7.76. The van der Waals surface area contributed by atoms with Gasteiger partial charge in [0.2, 0.25) is 10.0 Å². The number of hydrogen-bond acceptors (Lipinski definition) is 5. The van der Waals surface area contributed by atoms with Crippen molar-refractivity contribution in [2.45, 2.75) is 37.2 Å². The summed E-state index contributed by atoms with van der Waals surface area (Å²) >= 11 is 1.45. The van der Waals surface area contributed by atoms with Crippen LogP contribution in [0, 0.1) is 6.92 Å². The Bertz CT molecular complexity index is 885. The Morgan fingerprint density at radius 2 is 1.85 bits per heavy atom. The van der Waals surface area contributed by atoms with Crippen LogP contribution < -0.4 is 5.32 Å².